The van der Waals surface area contributed by atoms with Gasteiger partial charge in [-0.05, 0) is 112 Å². The lowest BCUT2D eigenvalue weighted by Crippen LogP contribution is -2.58. The van der Waals surface area contributed by atoms with Crippen molar-refractivity contribution in [3.8, 4) is 6.07 Å². The Morgan fingerprint density at radius 2 is 1.94 bits per heavy atom. The molecule has 4 saturated carbocycles. The van der Waals surface area contributed by atoms with E-state index in [1.807, 2.05) is 13.0 Å². The van der Waals surface area contributed by atoms with Gasteiger partial charge in [0.2, 0.25) is 0 Å². The molecule has 8 atom stereocenters. The van der Waals surface area contributed by atoms with Crippen molar-refractivity contribution in [2.45, 2.75) is 82.9 Å². The van der Waals surface area contributed by atoms with E-state index in [0.29, 0.717) is 31.1 Å². The quantitative estimate of drug-likeness (QED) is 0.584. The van der Waals surface area contributed by atoms with Crippen LogP contribution in [0.3, 0.4) is 0 Å². The van der Waals surface area contributed by atoms with Crippen LogP contribution in [0, 0.1) is 52.2 Å². The number of rotatable bonds is 4. The molecule has 2 N–H and O–H groups in total. The lowest BCUT2D eigenvalue weighted by Gasteiger charge is -2.59. The molecule has 184 valence electrons. The number of carbonyl (C=O) groups is 1. The molecular weight excluding hydrogens is 434 g/mol. The first-order valence-corrected chi connectivity index (χ1v) is 12.9. The fraction of sp³-hybridized carbons (Fsp3) is 0.714. The largest absolute Gasteiger partial charge is 0.390 e. The van der Waals surface area contributed by atoms with Gasteiger partial charge in [-0.2, -0.15) is 5.26 Å². The van der Waals surface area contributed by atoms with Crippen molar-refractivity contribution in [1.82, 2.24) is 0 Å². The summed E-state index contributed by atoms with van der Waals surface area (Å²) in [5, 5.41) is 22.4. The minimum atomic E-state index is -1.18. The zero-order chi connectivity index (χ0) is 24.3. The van der Waals surface area contributed by atoms with Crippen molar-refractivity contribution in [3.63, 3.8) is 0 Å². The third-order valence-corrected chi connectivity index (χ3v) is 10.3. The van der Waals surface area contributed by atoms with E-state index in [2.05, 4.69) is 12.2 Å². The normalized spacial score (nSPS) is 43.2. The summed E-state index contributed by atoms with van der Waals surface area (Å²) >= 11 is 0. The topological polar surface area (TPSA) is 73.1 Å². The minimum absolute atomic E-state index is 0.0418. The molecule has 0 unspecified atom stereocenters. The maximum Gasteiger partial charge on any atom is 0.155 e. The number of nitriles is 1. The summed E-state index contributed by atoms with van der Waals surface area (Å²) in [7, 11) is 0. The molecule has 0 saturated heterocycles. The highest BCUT2D eigenvalue weighted by molar-refractivity contribution is 5.86. The van der Waals surface area contributed by atoms with Gasteiger partial charge in [-0.25, -0.2) is 8.78 Å². The van der Waals surface area contributed by atoms with Gasteiger partial charge >= 0.3 is 0 Å². The van der Waals surface area contributed by atoms with Gasteiger partial charge in [-0.3, -0.25) is 4.79 Å². The van der Waals surface area contributed by atoms with E-state index < -0.39 is 17.1 Å². The summed E-state index contributed by atoms with van der Waals surface area (Å²) in [5.41, 5.74) is -1.57. The van der Waals surface area contributed by atoms with Crippen LogP contribution in [0.15, 0.2) is 18.2 Å². The van der Waals surface area contributed by atoms with Crippen LogP contribution in [0.25, 0.3) is 0 Å². The molecule has 4 fully saturated rings. The molecule has 0 amide bonds. The van der Waals surface area contributed by atoms with Crippen LogP contribution in [0.4, 0.5) is 14.5 Å². The fourth-order valence-electron chi connectivity index (χ4n) is 8.54. The summed E-state index contributed by atoms with van der Waals surface area (Å²) in [5.74, 6) is 0.136. The lowest BCUT2D eigenvalue weighted by molar-refractivity contribution is -0.165. The van der Waals surface area contributed by atoms with Gasteiger partial charge in [0.1, 0.15) is 11.5 Å². The van der Waals surface area contributed by atoms with Crippen LogP contribution >= 0.6 is 0 Å². The van der Waals surface area contributed by atoms with Gasteiger partial charge < -0.3 is 10.4 Å². The Balaban J connectivity index is 1.28. The van der Waals surface area contributed by atoms with E-state index in [-0.39, 0.29) is 46.7 Å². The first kappa shape index (κ1) is 23.7. The number of nitrogens with one attached hydrogen (secondary N) is 1. The summed E-state index contributed by atoms with van der Waals surface area (Å²) in [6.07, 6.45) is 6.82. The van der Waals surface area contributed by atoms with Crippen molar-refractivity contribution >= 4 is 11.5 Å². The van der Waals surface area contributed by atoms with E-state index in [4.69, 9.17) is 5.26 Å². The summed E-state index contributed by atoms with van der Waals surface area (Å²) in [6.45, 7) is 4.14. The SMILES string of the molecule is C[C@@]1(O)CC[C@@]2(F)[C@H](CC[C@H]3[C@@H]4CC[C@H](C(=O)CNc5ccc(C#N)cc5F)[C@@]4(C)CC[C@@H]32)C1. The van der Waals surface area contributed by atoms with Gasteiger partial charge in [0, 0.05) is 5.92 Å². The molecule has 0 aromatic heterocycles. The number of benzene rings is 1. The summed E-state index contributed by atoms with van der Waals surface area (Å²) < 4.78 is 30.7. The number of Topliss-reactive ketones (excluding diaryl/α,β-unsaturated/α-hetero) is 1. The van der Waals surface area contributed by atoms with Gasteiger partial charge in [-0.15, -0.1) is 0 Å². The van der Waals surface area contributed by atoms with Crippen molar-refractivity contribution < 1.29 is 18.7 Å². The van der Waals surface area contributed by atoms with Crippen LogP contribution in [-0.2, 0) is 4.79 Å². The van der Waals surface area contributed by atoms with Crippen molar-refractivity contribution in [1.29, 1.82) is 5.26 Å². The number of nitrogens with zero attached hydrogens (tertiary/aromatic N) is 1. The molecule has 0 radical (unpaired) electrons. The minimum Gasteiger partial charge on any atom is -0.390 e. The van der Waals surface area contributed by atoms with Crippen LogP contribution in [0.2, 0.25) is 0 Å². The zero-order valence-electron chi connectivity index (χ0n) is 20.2. The third-order valence-electron chi connectivity index (χ3n) is 10.3. The van der Waals surface area contributed by atoms with E-state index in [1.54, 1.807) is 0 Å². The first-order chi connectivity index (χ1) is 16.1. The number of aliphatic hydroxyl groups is 1. The molecule has 1 aromatic rings. The second-order valence-electron chi connectivity index (χ2n) is 12.1. The molecule has 5 rings (SSSR count). The van der Waals surface area contributed by atoms with Gasteiger partial charge in [0.05, 0.1) is 29.5 Å². The van der Waals surface area contributed by atoms with Gasteiger partial charge in [-0.1, -0.05) is 6.92 Å². The standard InChI is InChI=1S/C28H36F2N2O2/c1-26(34)11-12-28(30)18(14-26)4-5-19-20-6-7-22(27(20,2)10-9-21(19)28)25(33)16-32-24-8-3-17(15-31)13-23(24)29/h3,8,13,18-22,32,34H,4-7,9-12,14,16H2,1-2H3/t18-,19+,20+,21+,22-,26-,27+,28-/m1/s1. The van der Waals surface area contributed by atoms with Crippen LogP contribution in [0.5, 0.6) is 0 Å². The average Bonchev–Trinajstić information content (AvgIpc) is 3.15. The highest BCUT2D eigenvalue weighted by Crippen LogP contribution is 2.66. The molecule has 34 heavy (non-hydrogen) atoms. The predicted octanol–water partition coefficient (Wildman–Crippen LogP) is 5.79. The number of fused-ring (bicyclic) bond motifs is 5. The first-order valence-electron chi connectivity index (χ1n) is 12.9. The number of ketones is 1. The van der Waals surface area contributed by atoms with Gasteiger partial charge in [0.25, 0.3) is 0 Å². The molecule has 4 aliphatic carbocycles. The molecule has 0 heterocycles. The Bertz CT molecular complexity index is 1020. The van der Waals surface area contributed by atoms with E-state index in [1.165, 1.54) is 18.2 Å². The maximum absolute atomic E-state index is 16.5. The molecule has 6 heteroatoms. The number of hydrogen-bond donors (Lipinski definition) is 2. The Hall–Kier alpha value is -2.00. The van der Waals surface area contributed by atoms with Crippen molar-refractivity contribution in [2.24, 2.45) is 35.0 Å². The molecule has 1 aromatic carbocycles. The highest BCUT2D eigenvalue weighted by Gasteiger charge is 2.63. The molecule has 4 nitrogen and oxygen atoms in total. The highest BCUT2D eigenvalue weighted by atomic mass is 19.1. The summed E-state index contributed by atoms with van der Waals surface area (Å²) in [6, 6.07) is 6.13. The number of hydrogen-bond acceptors (Lipinski definition) is 4. The molecule has 4 aliphatic rings. The number of alkyl halides is 1. The van der Waals surface area contributed by atoms with Crippen LogP contribution in [-0.4, -0.2) is 28.7 Å². The predicted molar refractivity (Wildman–Crippen MR) is 126 cm³/mol. The molecule has 0 bridgehead atoms. The molecule has 0 spiro atoms. The second kappa shape index (κ2) is 8.29. The zero-order valence-corrected chi connectivity index (χ0v) is 20.2. The number of anilines is 1. The van der Waals surface area contributed by atoms with Crippen LogP contribution in [0.1, 0.15) is 77.2 Å². The smallest absolute Gasteiger partial charge is 0.155 e. The van der Waals surface area contributed by atoms with Gasteiger partial charge in [0.15, 0.2) is 5.78 Å². The Labute approximate surface area is 201 Å². The molecule has 0 aliphatic heterocycles. The van der Waals surface area contributed by atoms with E-state index >= 15 is 4.39 Å². The lowest BCUT2D eigenvalue weighted by atomic mass is 9.48. The molecular formula is C28H36F2N2O2. The Morgan fingerprint density at radius 3 is 2.68 bits per heavy atom. The monoisotopic (exact) mass is 470 g/mol. The maximum atomic E-state index is 16.5. The van der Waals surface area contributed by atoms with Crippen molar-refractivity contribution in [2.75, 3.05) is 11.9 Å². The van der Waals surface area contributed by atoms with Crippen LogP contribution < -0.4 is 5.32 Å². The fourth-order valence-corrected chi connectivity index (χ4v) is 8.54. The average molecular weight is 471 g/mol. The summed E-state index contributed by atoms with van der Waals surface area (Å²) in [4.78, 5) is 13.3. The number of halogens is 2. The van der Waals surface area contributed by atoms with Crippen molar-refractivity contribution in [3.05, 3.63) is 29.6 Å². The van der Waals surface area contributed by atoms with E-state index in [0.717, 1.165) is 38.5 Å². The third kappa shape index (κ3) is 3.75. The second-order valence-corrected chi connectivity index (χ2v) is 12.1. The number of carbonyl (C=O) groups excluding carboxylic acids is 1. The Kier molecular flexibility index (Phi) is 5.79. The Morgan fingerprint density at radius 1 is 1.15 bits per heavy atom. The van der Waals surface area contributed by atoms with E-state index in [9.17, 15) is 14.3 Å².